The van der Waals surface area contributed by atoms with Crippen molar-refractivity contribution < 1.29 is 34.1 Å². The second-order valence-electron chi connectivity index (χ2n) is 9.57. The van der Waals surface area contributed by atoms with Crippen LogP contribution >= 0.6 is 22.6 Å². The summed E-state index contributed by atoms with van der Waals surface area (Å²) in [5.74, 6) is 0.564. The van der Waals surface area contributed by atoms with Gasteiger partial charge in [-0.05, 0) is 59.6 Å². The van der Waals surface area contributed by atoms with Crippen molar-refractivity contribution in [3.05, 3.63) is 32.9 Å². The van der Waals surface area contributed by atoms with Crippen LogP contribution in [0.15, 0.2) is 23.8 Å². The highest BCUT2D eigenvalue weighted by Crippen LogP contribution is 2.37. The van der Waals surface area contributed by atoms with Crippen LogP contribution < -0.4 is 14.8 Å². The van der Waals surface area contributed by atoms with Gasteiger partial charge in [0.25, 0.3) is 0 Å². The van der Waals surface area contributed by atoms with Crippen LogP contribution in [0.25, 0.3) is 0 Å². The number of hydrogen-bond donors (Lipinski definition) is 3. The van der Waals surface area contributed by atoms with Crippen LogP contribution in [0.3, 0.4) is 0 Å². The monoisotopic (exact) mass is 628 g/mol. The molecule has 2 aliphatic rings. The smallest absolute Gasteiger partial charge is 0.247 e. The fraction of sp³-hybridized carbons (Fsp3) is 0.593. The normalized spacial score (nSPS) is 22.1. The van der Waals surface area contributed by atoms with Crippen molar-refractivity contribution in [1.29, 1.82) is 0 Å². The number of nitrogens with one attached hydrogen (secondary N) is 1. The van der Waals surface area contributed by atoms with Crippen LogP contribution in [-0.4, -0.2) is 78.3 Å². The van der Waals surface area contributed by atoms with Gasteiger partial charge >= 0.3 is 0 Å². The van der Waals surface area contributed by atoms with Crippen LogP contribution in [-0.2, 0) is 9.59 Å². The van der Waals surface area contributed by atoms with Crippen LogP contribution in [0.5, 0.6) is 11.5 Å². The van der Waals surface area contributed by atoms with E-state index in [2.05, 4.69) is 5.32 Å². The summed E-state index contributed by atoms with van der Waals surface area (Å²) in [6, 6.07) is 2.54. The number of halogens is 1. The minimum Gasteiger partial charge on any atom is -0.493 e. The maximum atomic E-state index is 13.1. The van der Waals surface area contributed by atoms with Crippen LogP contribution in [0.2, 0.25) is 0 Å². The zero-order valence-corrected chi connectivity index (χ0v) is 23.6. The van der Waals surface area contributed by atoms with Crippen molar-refractivity contribution in [1.82, 2.24) is 10.2 Å². The van der Waals surface area contributed by atoms with Gasteiger partial charge < -0.3 is 29.9 Å². The number of aliphatic hydroxyl groups excluding tert-OH is 2. The molecule has 1 aromatic rings. The SMILES string of the molecule is CCC(=O)N(CC1CCCCC1)[C@@H]1CC(C(=O)NCCO)=C[C@H](Oc2c(I)cc(C=O)cc2OC)[C@H]1O. The molecule has 3 N–H and O–H groups in total. The van der Waals surface area contributed by atoms with E-state index in [9.17, 15) is 19.5 Å². The lowest BCUT2D eigenvalue weighted by Gasteiger charge is -2.42. The topological polar surface area (TPSA) is 125 Å². The molecular weight excluding hydrogens is 591 g/mol. The molecule has 3 rings (SSSR count). The Kier molecular flexibility index (Phi) is 11.2. The molecule has 0 heterocycles. The van der Waals surface area contributed by atoms with E-state index in [-0.39, 0.29) is 37.8 Å². The van der Waals surface area contributed by atoms with Crippen LogP contribution in [0.4, 0.5) is 0 Å². The third kappa shape index (κ3) is 7.44. The van der Waals surface area contributed by atoms with Crippen molar-refractivity contribution in [3.63, 3.8) is 0 Å². The Morgan fingerprint density at radius 3 is 2.59 bits per heavy atom. The summed E-state index contributed by atoms with van der Waals surface area (Å²) in [5, 5.41) is 23.4. The maximum Gasteiger partial charge on any atom is 0.247 e. The minimum absolute atomic E-state index is 0.0760. The van der Waals surface area contributed by atoms with E-state index in [4.69, 9.17) is 14.6 Å². The molecule has 37 heavy (non-hydrogen) atoms. The highest BCUT2D eigenvalue weighted by Gasteiger charge is 2.41. The fourth-order valence-electron chi connectivity index (χ4n) is 5.11. The Balaban J connectivity index is 1.97. The Labute approximate surface area is 231 Å². The number of benzene rings is 1. The van der Waals surface area contributed by atoms with Crippen molar-refractivity contribution in [3.8, 4) is 11.5 Å². The van der Waals surface area contributed by atoms with E-state index in [1.807, 2.05) is 22.6 Å². The first kappa shape index (κ1) is 29.4. The van der Waals surface area contributed by atoms with E-state index in [0.717, 1.165) is 25.7 Å². The van der Waals surface area contributed by atoms with Gasteiger partial charge in [0.1, 0.15) is 18.5 Å². The predicted molar refractivity (Wildman–Crippen MR) is 147 cm³/mol. The molecule has 0 saturated heterocycles. The molecule has 1 aromatic carbocycles. The molecule has 0 unspecified atom stereocenters. The third-order valence-electron chi connectivity index (χ3n) is 7.06. The molecular formula is C27H37IN2O7. The summed E-state index contributed by atoms with van der Waals surface area (Å²) < 4.78 is 12.3. The second-order valence-corrected chi connectivity index (χ2v) is 10.7. The molecule has 0 bridgehead atoms. The number of ether oxygens (including phenoxy) is 2. The summed E-state index contributed by atoms with van der Waals surface area (Å²) in [6.07, 6.45) is 6.23. The number of carbonyl (C=O) groups excluding carboxylic acids is 3. The van der Waals surface area contributed by atoms with Crippen molar-refractivity contribution in [2.45, 2.75) is 70.1 Å². The molecule has 2 amide bonds. The average Bonchev–Trinajstić information content (AvgIpc) is 2.92. The van der Waals surface area contributed by atoms with E-state index >= 15 is 0 Å². The zero-order chi connectivity index (χ0) is 26.9. The largest absolute Gasteiger partial charge is 0.493 e. The molecule has 204 valence electrons. The number of carbonyl (C=O) groups is 3. The second kappa shape index (κ2) is 14.1. The number of methoxy groups -OCH3 is 1. The Hall–Kier alpha value is -2.18. The number of nitrogens with zero attached hydrogens (tertiary/aromatic N) is 1. The lowest BCUT2D eigenvalue weighted by Crippen LogP contribution is -2.56. The molecule has 0 aromatic heterocycles. The molecule has 2 aliphatic carbocycles. The zero-order valence-electron chi connectivity index (χ0n) is 21.5. The predicted octanol–water partition coefficient (Wildman–Crippen LogP) is 2.85. The third-order valence-corrected chi connectivity index (χ3v) is 7.86. The number of rotatable bonds is 11. The Morgan fingerprint density at radius 1 is 1.24 bits per heavy atom. The number of aliphatic hydroxyl groups is 2. The van der Waals surface area contributed by atoms with Gasteiger partial charge in [0, 0.05) is 37.1 Å². The summed E-state index contributed by atoms with van der Waals surface area (Å²) in [5.41, 5.74) is 0.798. The summed E-state index contributed by atoms with van der Waals surface area (Å²) in [4.78, 5) is 39.1. The Bertz CT molecular complexity index is 993. The number of hydrogen-bond acceptors (Lipinski definition) is 7. The average molecular weight is 629 g/mol. The van der Waals surface area contributed by atoms with E-state index in [1.54, 1.807) is 30.0 Å². The Morgan fingerprint density at radius 2 is 1.97 bits per heavy atom. The van der Waals surface area contributed by atoms with Gasteiger partial charge in [0.15, 0.2) is 11.5 Å². The summed E-state index contributed by atoms with van der Waals surface area (Å²) in [6.45, 7) is 2.21. The van der Waals surface area contributed by atoms with Gasteiger partial charge in [-0.15, -0.1) is 0 Å². The highest BCUT2D eigenvalue weighted by atomic mass is 127. The molecule has 3 atom stereocenters. The number of amides is 2. The van der Waals surface area contributed by atoms with Crippen molar-refractivity contribution >= 4 is 40.7 Å². The van der Waals surface area contributed by atoms with Gasteiger partial charge in [-0.1, -0.05) is 26.2 Å². The minimum atomic E-state index is -1.10. The van der Waals surface area contributed by atoms with Gasteiger partial charge in [0.2, 0.25) is 11.8 Å². The van der Waals surface area contributed by atoms with Crippen molar-refractivity contribution in [2.75, 3.05) is 26.8 Å². The molecule has 0 aliphatic heterocycles. The lowest BCUT2D eigenvalue weighted by molar-refractivity contribution is -0.139. The van der Waals surface area contributed by atoms with Gasteiger partial charge in [0.05, 0.1) is 23.3 Å². The first-order valence-corrected chi connectivity index (χ1v) is 14.0. The van der Waals surface area contributed by atoms with Gasteiger partial charge in [-0.3, -0.25) is 14.4 Å². The van der Waals surface area contributed by atoms with E-state index < -0.39 is 18.2 Å². The van der Waals surface area contributed by atoms with E-state index in [0.29, 0.717) is 45.0 Å². The first-order chi connectivity index (χ1) is 17.8. The quantitative estimate of drug-likeness (QED) is 0.254. The van der Waals surface area contributed by atoms with Crippen LogP contribution in [0.1, 0.15) is 62.2 Å². The summed E-state index contributed by atoms with van der Waals surface area (Å²) in [7, 11) is 1.46. The first-order valence-electron chi connectivity index (χ1n) is 12.9. The number of aldehydes is 1. The molecule has 0 spiro atoms. The molecule has 0 radical (unpaired) electrons. The lowest BCUT2D eigenvalue weighted by atomic mass is 9.85. The van der Waals surface area contributed by atoms with Crippen molar-refractivity contribution in [2.24, 2.45) is 5.92 Å². The van der Waals surface area contributed by atoms with E-state index in [1.165, 1.54) is 13.5 Å². The molecule has 9 nitrogen and oxygen atoms in total. The molecule has 1 saturated carbocycles. The fourth-order valence-corrected chi connectivity index (χ4v) is 5.86. The van der Waals surface area contributed by atoms with Gasteiger partial charge in [-0.25, -0.2) is 0 Å². The maximum absolute atomic E-state index is 13.1. The molecule has 1 fully saturated rings. The highest BCUT2D eigenvalue weighted by molar-refractivity contribution is 14.1. The van der Waals surface area contributed by atoms with Crippen LogP contribution in [0, 0.1) is 9.49 Å². The van der Waals surface area contributed by atoms with Gasteiger partial charge in [-0.2, -0.15) is 0 Å². The molecule has 10 heteroatoms. The standard InChI is InChI=1S/C27H37IN2O7/c1-3-24(33)30(15-17-7-5-4-6-8-17)21-13-19(27(35)29-9-10-31)14-22(25(21)34)37-26-20(28)11-18(16-32)12-23(26)36-2/h11-12,14,16-17,21-22,25,31,34H,3-10,13,15H2,1-2H3,(H,29,35)/t21-,22+,25+/m1/s1. The summed E-state index contributed by atoms with van der Waals surface area (Å²) >= 11 is 2.03.